The number of piperidine rings is 1. The predicted octanol–water partition coefficient (Wildman–Crippen LogP) is 3.43. The van der Waals surface area contributed by atoms with Crippen molar-refractivity contribution in [2.75, 3.05) is 19.7 Å². The lowest BCUT2D eigenvalue weighted by Crippen LogP contribution is -2.35. The fourth-order valence-corrected chi connectivity index (χ4v) is 3.38. The van der Waals surface area contributed by atoms with E-state index < -0.39 is 6.10 Å². The molecular formula is C20H26N2O2. The standard InChI is InChI=1S/C20H26N2O2/c1-2-24-18-7-5-6-16(14-18)15-22-12-9-17(10-13-22)20(23)19-8-3-4-11-21-19/h3-8,11,14,17,20,23H,2,9-10,12-13,15H2,1H3. The summed E-state index contributed by atoms with van der Waals surface area (Å²) in [7, 11) is 0. The largest absolute Gasteiger partial charge is 0.494 e. The highest BCUT2D eigenvalue weighted by atomic mass is 16.5. The highest BCUT2D eigenvalue weighted by molar-refractivity contribution is 5.28. The van der Waals surface area contributed by atoms with Crippen molar-refractivity contribution in [3.05, 3.63) is 59.9 Å². The number of likely N-dealkylation sites (tertiary alicyclic amines) is 1. The molecule has 0 bridgehead atoms. The van der Waals surface area contributed by atoms with E-state index in [0.717, 1.165) is 43.9 Å². The first-order valence-electron chi connectivity index (χ1n) is 8.79. The molecule has 1 aliphatic heterocycles. The van der Waals surface area contributed by atoms with Crippen LogP contribution in [-0.4, -0.2) is 34.7 Å². The van der Waals surface area contributed by atoms with Crippen molar-refractivity contribution in [1.29, 1.82) is 0 Å². The van der Waals surface area contributed by atoms with Gasteiger partial charge in [0.25, 0.3) is 0 Å². The van der Waals surface area contributed by atoms with Gasteiger partial charge in [-0.1, -0.05) is 18.2 Å². The quantitative estimate of drug-likeness (QED) is 0.883. The smallest absolute Gasteiger partial charge is 0.119 e. The highest BCUT2D eigenvalue weighted by Crippen LogP contribution is 2.30. The van der Waals surface area contributed by atoms with Gasteiger partial charge in [0.05, 0.1) is 18.4 Å². The Bertz CT molecular complexity index is 625. The summed E-state index contributed by atoms with van der Waals surface area (Å²) in [6.07, 6.45) is 3.31. The number of hydrogen-bond acceptors (Lipinski definition) is 4. The monoisotopic (exact) mass is 326 g/mol. The Morgan fingerprint density at radius 2 is 2.04 bits per heavy atom. The molecule has 2 aromatic rings. The topological polar surface area (TPSA) is 45.6 Å². The SMILES string of the molecule is CCOc1cccc(CN2CCC(C(O)c3ccccn3)CC2)c1. The van der Waals surface area contributed by atoms with Crippen LogP contribution in [0.4, 0.5) is 0 Å². The van der Waals surface area contributed by atoms with Gasteiger partial charge in [0, 0.05) is 12.7 Å². The number of aliphatic hydroxyl groups is 1. The number of rotatable bonds is 6. The summed E-state index contributed by atoms with van der Waals surface area (Å²) < 4.78 is 5.57. The normalized spacial score (nSPS) is 17.6. The van der Waals surface area contributed by atoms with Crippen molar-refractivity contribution in [3.63, 3.8) is 0 Å². The molecule has 1 saturated heterocycles. The molecule has 1 unspecified atom stereocenters. The van der Waals surface area contributed by atoms with Crippen LogP contribution in [0.25, 0.3) is 0 Å². The summed E-state index contributed by atoms with van der Waals surface area (Å²) in [6.45, 7) is 5.65. The predicted molar refractivity (Wildman–Crippen MR) is 94.8 cm³/mol. The Hall–Kier alpha value is -1.91. The molecular weight excluding hydrogens is 300 g/mol. The zero-order valence-corrected chi connectivity index (χ0v) is 14.3. The van der Waals surface area contributed by atoms with E-state index in [0.29, 0.717) is 12.5 Å². The van der Waals surface area contributed by atoms with Crippen molar-refractivity contribution in [2.24, 2.45) is 5.92 Å². The molecule has 128 valence electrons. The van der Waals surface area contributed by atoms with E-state index in [-0.39, 0.29) is 0 Å². The third-order valence-corrected chi connectivity index (χ3v) is 4.69. The third kappa shape index (κ3) is 4.34. The first-order valence-corrected chi connectivity index (χ1v) is 8.79. The van der Waals surface area contributed by atoms with Crippen LogP contribution in [0.2, 0.25) is 0 Å². The second kappa shape index (κ2) is 8.27. The maximum absolute atomic E-state index is 10.5. The molecule has 1 aliphatic rings. The molecule has 0 amide bonds. The van der Waals surface area contributed by atoms with Crippen molar-refractivity contribution in [1.82, 2.24) is 9.88 Å². The van der Waals surface area contributed by atoms with Crippen molar-refractivity contribution in [2.45, 2.75) is 32.4 Å². The van der Waals surface area contributed by atoms with Crippen LogP contribution in [0.1, 0.15) is 37.1 Å². The van der Waals surface area contributed by atoms with Crippen LogP contribution >= 0.6 is 0 Å². The number of aliphatic hydroxyl groups excluding tert-OH is 1. The molecule has 2 heterocycles. The molecule has 4 heteroatoms. The number of pyridine rings is 1. The van der Waals surface area contributed by atoms with Crippen molar-refractivity contribution in [3.8, 4) is 5.75 Å². The Labute approximate surface area is 144 Å². The second-order valence-electron chi connectivity index (χ2n) is 6.39. The van der Waals surface area contributed by atoms with Gasteiger partial charge in [0.15, 0.2) is 0 Å². The first kappa shape index (κ1) is 16.9. The van der Waals surface area contributed by atoms with Gasteiger partial charge in [0.2, 0.25) is 0 Å². The van der Waals surface area contributed by atoms with E-state index in [2.05, 4.69) is 28.1 Å². The summed E-state index contributed by atoms with van der Waals surface area (Å²) >= 11 is 0. The van der Waals surface area contributed by atoms with Crippen LogP contribution in [0.3, 0.4) is 0 Å². The Balaban J connectivity index is 1.53. The fraction of sp³-hybridized carbons (Fsp3) is 0.450. The zero-order chi connectivity index (χ0) is 16.8. The average Bonchev–Trinajstić information content (AvgIpc) is 2.63. The van der Waals surface area contributed by atoms with Gasteiger partial charge >= 0.3 is 0 Å². The Morgan fingerprint density at radius 1 is 1.21 bits per heavy atom. The molecule has 1 fully saturated rings. The average molecular weight is 326 g/mol. The van der Waals surface area contributed by atoms with Crippen molar-refractivity contribution >= 4 is 0 Å². The van der Waals surface area contributed by atoms with Crippen LogP contribution in [0, 0.1) is 5.92 Å². The Morgan fingerprint density at radius 3 is 2.75 bits per heavy atom. The van der Waals surface area contributed by atoms with Gasteiger partial charge in [-0.3, -0.25) is 9.88 Å². The molecule has 4 nitrogen and oxygen atoms in total. The third-order valence-electron chi connectivity index (χ3n) is 4.69. The molecule has 3 rings (SSSR count). The van der Waals surface area contributed by atoms with Gasteiger partial charge in [-0.15, -0.1) is 0 Å². The molecule has 0 saturated carbocycles. The maximum atomic E-state index is 10.5. The molecule has 1 aromatic carbocycles. The van der Waals surface area contributed by atoms with Gasteiger partial charge in [-0.05, 0) is 68.6 Å². The van der Waals surface area contributed by atoms with Crippen LogP contribution in [0.5, 0.6) is 5.75 Å². The van der Waals surface area contributed by atoms with E-state index in [1.54, 1.807) is 6.20 Å². The Kier molecular flexibility index (Phi) is 5.83. The molecule has 0 spiro atoms. The van der Waals surface area contributed by atoms with Gasteiger partial charge in [0.1, 0.15) is 5.75 Å². The molecule has 24 heavy (non-hydrogen) atoms. The molecule has 0 radical (unpaired) electrons. The first-order chi connectivity index (χ1) is 11.8. The molecule has 1 atom stereocenters. The summed E-state index contributed by atoms with van der Waals surface area (Å²) in [4.78, 5) is 6.74. The van der Waals surface area contributed by atoms with E-state index in [1.807, 2.05) is 31.2 Å². The zero-order valence-electron chi connectivity index (χ0n) is 14.3. The molecule has 1 aromatic heterocycles. The minimum absolute atomic E-state index is 0.297. The van der Waals surface area contributed by atoms with Gasteiger partial charge in [-0.2, -0.15) is 0 Å². The minimum atomic E-state index is -0.449. The van der Waals surface area contributed by atoms with E-state index in [9.17, 15) is 5.11 Å². The number of aromatic nitrogens is 1. The van der Waals surface area contributed by atoms with E-state index >= 15 is 0 Å². The van der Waals surface area contributed by atoms with Gasteiger partial charge < -0.3 is 9.84 Å². The van der Waals surface area contributed by atoms with Crippen LogP contribution in [0.15, 0.2) is 48.7 Å². The fourth-order valence-electron chi connectivity index (χ4n) is 3.38. The maximum Gasteiger partial charge on any atom is 0.119 e. The summed E-state index contributed by atoms with van der Waals surface area (Å²) in [6, 6.07) is 14.1. The molecule has 1 N–H and O–H groups in total. The minimum Gasteiger partial charge on any atom is -0.494 e. The summed E-state index contributed by atoms with van der Waals surface area (Å²) in [5.41, 5.74) is 2.07. The number of hydrogen-bond donors (Lipinski definition) is 1. The number of ether oxygens (including phenoxy) is 1. The van der Waals surface area contributed by atoms with Crippen LogP contribution < -0.4 is 4.74 Å². The summed E-state index contributed by atoms with van der Waals surface area (Å²) in [5, 5.41) is 10.5. The van der Waals surface area contributed by atoms with Gasteiger partial charge in [-0.25, -0.2) is 0 Å². The summed E-state index contributed by atoms with van der Waals surface area (Å²) in [5.74, 6) is 1.24. The molecule has 0 aliphatic carbocycles. The number of nitrogens with zero attached hydrogens (tertiary/aromatic N) is 2. The second-order valence-corrected chi connectivity index (χ2v) is 6.39. The lowest BCUT2D eigenvalue weighted by molar-refractivity contribution is 0.0540. The lowest BCUT2D eigenvalue weighted by Gasteiger charge is -2.34. The van der Waals surface area contributed by atoms with Crippen molar-refractivity contribution < 1.29 is 9.84 Å². The van der Waals surface area contributed by atoms with E-state index in [1.165, 1.54) is 5.56 Å². The lowest BCUT2D eigenvalue weighted by atomic mass is 9.89. The van der Waals surface area contributed by atoms with Crippen LogP contribution in [-0.2, 0) is 6.54 Å². The number of benzene rings is 1. The highest BCUT2D eigenvalue weighted by Gasteiger charge is 2.26. The van der Waals surface area contributed by atoms with E-state index in [4.69, 9.17) is 4.74 Å².